The first-order chi connectivity index (χ1) is 9.65. The van der Waals surface area contributed by atoms with Crippen LogP contribution in [0.15, 0.2) is 24.3 Å². The maximum atomic E-state index is 12.7. The molecule has 2 N–H and O–H groups in total. The van der Waals surface area contributed by atoms with E-state index in [2.05, 4.69) is 31.2 Å². The molecule has 1 aromatic rings. The van der Waals surface area contributed by atoms with E-state index in [1.54, 1.807) is 0 Å². The summed E-state index contributed by atoms with van der Waals surface area (Å²) in [5.74, 6) is -0.000812. The molecular weight excluding hydrogens is 252 g/mol. The lowest BCUT2D eigenvalue weighted by atomic mass is 10.0. The highest BCUT2D eigenvalue weighted by Crippen LogP contribution is 2.31. The van der Waals surface area contributed by atoms with E-state index in [1.807, 2.05) is 4.90 Å². The summed E-state index contributed by atoms with van der Waals surface area (Å²) in [6, 6.07) is 8.63. The van der Waals surface area contributed by atoms with E-state index < -0.39 is 0 Å². The van der Waals surface area contributed by atoms with Gasteiger partial charge in [-0.25, -0.2) is 0 Å². The van der Waals surface area contributed by atoms with Crippen LogP contribution in [0.5, 0.6) is 0 Å². The van der Waals surface area contributed by atoms with E-state index in [9.17, 15) is 4.79 Å². The molecule has 4 nitrogen and oxygen atoms in total. The van der Waals surface area contributed by atoms with Crippen molar-refractivity contribution >= 4 is 5.91 Å². The number of aryl methyl sites for hydroxylation is 1. The number of ether oxygens (including phenoxy) is 1. The molecule has 1 heterocycles. The summed E-state index contributed by atoms with van der Waals surface area (Å²) in [6.07, 6.45) is 2.22. The second kappa shape index (κ2) is 5.54. The third kappa shape index (κ3) is 2.86. The highest BCUT2D eigenvalue weighted by Gasteiger charge is 2.40. The Morgan fingerprint density at radius 3 is 2.55 bits per heavy atom. The van der Waals surface area contributed by atoms with Gasteiger partial charge in [0.05, 0.1) is 19.1 Å². The van der Waals surface area contributed by atoms with Crippen molar-refractivity contribution in [1.82, 2.24) is 4.90 Å². The van der Waals surface area contributed by atoms with Crippen LogP contribution >= 0.6 is 0 Å². The molecule has 1 aromatic carbocycles. The van der Waals surface area contributed by atoms with Gasteiger partial charge in [0.25, 0.3) is 0 Å². The minimum atomic E-state index is -0.166. The van der Waals surface area contributed by atoms with Crippen molar-refractivity contribution in [3.05, 3.63) is 35.4 Å². The largest absolute Gasteiger partial charge is 0.379 e. The number of rotatable bonds is 4. The Morgan fingerprint density at radius 1 is 1.30 bits per heavy atom. The van der Waals surface area contributed by atoms with Crippen LogP contribution in [0.4, 0.5) is 0 Å². The van der Waals surface area contributed by atoms with Gasteiger partial charge in [0.2, 0.25) is 5.91 Å². The van der Waals surface area contributed by atoms with Crippen LogP contribution in [-0.2, 0) is 16.1 Å². The Kier molecular flexibility index (Phi) is 3.76. The molecule has 0 aromatic heterocycles. The Bertz CT molecular complexity index is 482. The number of nitrogens with zero attached hydrogens (tertiary/aromatic N) is 1. The molecule has 1 amide bonds. The predicted octanol–water partition coefficient (Wildman–Crippen LogP) is 1.46. The van der Waals surface area contributed by atoms with Gasteiger partial charge in [0.15, 0.2) is 0 Å². The maximum absolute atomic E-state index is 12.7. The fourth-order valence-electron chi connectivity index (χ4n) is 2.70. The van der Waals surface area contributed by atoms with Crippen LogP contribution in [0.2, 0.25) is 0 Å². The molecule has 0 bridgehead atoms. The van der Waals surface area contributed by atoms with Crippen LogP contribution < -0.4 is 5.73 Å². The Labute approximate surface area is 119 Å². The second-order valence-electron chi connectivity index (χ2n) is 5.99. The zero-order chi connectivity index (χ0) is 14.1. The standard InChI is InChI=1S/C16H22N2O2/c1-11-2-4-12(5-3-11)8-18(13-6-7-13)16(19)14-9-20-10-15(14)17/h2-5,13-15H,6-10,17H2,1H3. The minimum Gasteiger partial charge on any atom is -0.379 e. The Morgan fingerprint density at radius 2 is 2.00 bits per heavy atom. The molecule has 1 saturated carbocycles. The van der Waals surface area contributed by atoms with Gasteiger partial charge in [-0.2, -0.15) is 0 Å². The summed E-state index contributed by atoms with van der Waals surface area (Å²) in [7, 11) is 0. The molecular formula is C16H22N2O2. The predicted molar refractivity (Wildman–Crippen MR) is 77.0 cm³/mol. The van der Waals surface area contributed by atoms with E-state index in [1.165, 1.54) is 11.1 Å². The topological polar surface area (TPSA) is 55.6 Å². The highest BCUT2D eigenvalue weighted by atomic mass is 16.5. The summed E-state index contributed by atoms with van der Waals surface area (Å²) in [6.45, 7) is 3.73. The Balaban J connectivity index is 1.72. The van der Waals surface area contributed by atoms with E-state index in [0.29, 0.717) is 25.8 Å². The molecule has 2 atom stereocenters. The van der Waals surface area contributed by atoms with Crippen LogP contribution in [0, 0.1) is 12.8 Å². The van der Waals surface area contributed by atoms with Crippen molar-refractivity contribution in [3.8, 4) is 0 Å². The Hall–Kier alpha value is -1.39. The van der Waals surface area contributed by atoms with Gasteiger partial charge in [0, 0.05) is 18.6 Å². The first-order valence-corrected chi connectivity index (χ1v) is 7.34. The molecule has 3 rings (SSSR count). The molecule has 1 aliphatic carbocycles. The van der Waals surface area contributed by atoms with Gasteiger partial charge in [-0.15, -0.1) is 0 Å². The van der Waals surface area contributed by atoms with Crippen molar-refractivity contribution in [2.75, 3.05) is 13.2 Å². The molecule has 1 saturated heterocycles. The highest BCUT2D eigenvalue weighted by molar-refractivity contribution is 5.80. The van der Waals surface area contributed by atoms with Crippen LogP contribution in [0.1, 0.15) is 24.0 Å². The SMILES string of the molecule is Cc1ccc(CN(C(=O)C2COCC2N)C2CC2)cc1. The molecule has 1 aliphatic heterocycles. The number of hydrogen-bond donors (Lipinski definition) is 1. The molecule has 0 radical (unpaired) electrons. The average Bonchev–Trinajstić information content (AvgIpc) is 3.19. The number of carbonyl (C=O) groups is 1. The van der Waals surface area contributed by atoms with E-state index >= 15 is 0 Å². The van der Waals surface area contributed by atoms with E-state index in [4.69, 9.17) is 10.5 Å². The van der Waals surface area contributed by atoms with Gasteiger partial charge in [-0.05, 0) is 25.3 Å². The molecule has 2 fully saturated rings. The van der Waals surface area contributed by atoms with Crippen LogP contribution in [-0.4, -0.2) is 36.1 Å². The van der Waals surface area contributed by atoms with Gasteiger partial charge in [0.1, 0.15) is 0 Å². The maximum Gasteiger partial charge on any atom is 0.230 e. The zero-order valence-corrected chi connectivity index (χ0v) is 11.9. The van der Waals surface area contributed by atoms with Gasteiger partial charge >= 0.3 is 0 Å². The van der Waals surface area contributed by atoms with Gasteiger partial charge < -0.3 is 15.4 Å². The number of nitrogens with two attached hydrogens (primary N) is 1. The summed E-state index contributed by atoms with van der Waals surface area (Å²) < 4.78 is 5.33. The lowest BCUT2D eigenvalue weighted by Crippen LogP contribution is -2.44. The van der Waals surface area contributed by atoms with Crippen molar-refractivity contribution in [2.24, 2.45) is 11.7 Å². The molecule has 2 unspecified atom stereocenters. The molecule has 0 spiro atoms. The van der Waals surface area contributed by atoms with Crippen molar-refractivity contribution in [3.63, 3.8) is 0 Å². The monoisotopic (exact) mass is 274 g/mol. The van der Waals surface area contributed by atoms with Gasteiger partial charge in [-0.1, -0.05) is 29.8 Å². The number of benzene rings is 1. The number of carbonyl (C=O) groups excluding carboxylic acids is 1. The third-order valence-electron chi connectivity index (χ3n) is 4.19. The molecule has 20 heavy (non-hydrogen) atoms. The first-order valence-electron chi connectivity index (χ1n) is 7.34. The number of hydrogen-bond acceptors (Lipinski definition) is 3. The summed E-state index contributed by atoms with van der Waals surface area (Å²) in [5, 5.41) is 0. The molecule has 108 valence electrons. The lowest BCUT2D eigenvalue weighted by molar-refractivity contribution is -0.137. The third-order valence-corrected chi connectivity index (χ3v) is 4.19. The van der Waals surface area contributed by atoms with Crippen molar-refractivity contribution < 1.29 is 9.53 Å². The van der Waals surface area contributed by atoms with Crippen LogP contribution in [0.3, 0.4) is 0 Å². The first kappa shape index (κ1) is 13.6. The van der Waals surface area contributed by atoms with E-state index in [-0.39, 0.29) is 17.9 Å². The van der Waals surface area contributed by atoms with Crippen LogP contribution in [0.25, 0.3) is 0 Å². The molecule has 2 aliphatic rings. The zero-order valence-electron chi connectivity index (χ0n) is 11.9. The van der Waals surface area contributed by atoms with Gasteiger partial charge in [-0.3, -0.25) is 4.79 Å². The quantitative estimate of drug-likeness (QED) is 0.904. The average molecular weight is 274 g/mol. The summed E-state index contributed by atoms with van der Waals surface area (Å²) in [4.78, 5) is 14.7. The van der Waals surface area contributed by atoms with Crippen molar-refractivity contribution in [2.45, 2.75) is 38.4 Å². The fourth-order valence-corrected chi connectivity index (χ4v) is 2.70. The summed E-state index contributed by atoms with van der Waals surface area (Å²) >= 11 is 0. The second-order valence-corrected chi connectivity index (χ2v) is 5.99. The van der Waals surface area contributed by atoms with Crippen molar-refractivity contribution in [1.29, 1.82) is 0 Å². The normalized spacial score (nSPS) is 25.7. The summed E-state index contributed by atoms with van der Waals surface area (Å²) in [5.41, 5.74) is 8.40. The fraction of sp³-hybridized carbons (Fsp3) is 0.562. The molecule has 4 heteroatoms. The lowest BCUT2D eigenvalue weighted by Gasteiger charge is -2.26. The van der Waals surface area contributed by atoms with E-state index in [0.717, 1.165) is 12.8 Å². The number of amides is 1. The minimum absolute atomic E-state index is 0.151. The smallest absolute Gasteiger partial charge is 0.230 e.